The Bertz CT molecular complexity index is 2020. The Morgan fingerprint density at radius 3 is 1.14 bits per heavy atom. The van der Waals surface area contributed by atoms with Gasteiger partial charge >= 0.3 is 0 Å². The van der Waals surface area contributed by atoms with Gasteiger partial charge in [-0.2, -0.15) is 0 Å². The third-order valence-corrected chi connectivity index (χ3v) is 8.17. The van der Waals surface area contributed by atoms with Crippen LogP contribution in [0.4, 0.5) is 0 Å². The van der Waals surface area contributed by atoms with Crippen molar-refractivity contribution < 1.29 is 0 Å². The van der Waals surface area contributed by atoms with Gasteiger partial charge in [0.15, 0.2) is 0 Å². The number of fused-ring (bicyclic) bond motifs is 2. The molecule has 0 saturated heterocycles. The highest BCUT2D eigenvalue weighted by Gasteiger charge is 2.14. The molecule has 0 atom stereocenters. The first-order valence-corrected chi connectivity index (χ1v) is 14.4. The van der Waals surface area contributed by atoms with E-state index in [2.05, 4.69) is 179 Å². The number of hydrogen-bond acceptors (Lipinski definition) is 0. The van der Waals surface area contributed by atoms with E-state index in [1.54, 1.807) is 0 Å². The molecule has 0 aliphatic carbocycles. The third-order valence-electron chi connectivity index (χ3n) is 8.17. The molecule has 0 spiro atoms. The maximum Gasteiger partial charge on any atom is 0.0534 e. The van der Waals surface area contributed by atoms with Gasteiger partial charge in [0.05, 0.1) is 11.0 Å². The topological polar surface area (TPSA) is 9.86 Å². The van der Waals surface area contributed by atoms with Gasteiger partial charge in [-0.3, -0.25) is 0 Å². The van der Waals surface area contributed by atoms with Crippen molar-refractivity contribution in [1.29, 1.82) is 0 Å². The van der Waals surface area contributed by atoms with Crippen molar-refractivity contribution >= 4 is 21.8 Å². The van der Waals surface area contributed by atoms with Crippen molar-refractivity contribution in [1.82, 2.24) is 9.13 Å². The predicted molar refractivity (Wildman–Crippen MR) is 176 cm³/mol. The standard InChI is InChI=1S/C40H28N2/c1-3-17-33(18-4-1)41-27-37(35-21-7-9-23-39(35)41)31-15-11-13-29(25-31)30-14-12-16-32(26-30)38-28-42(34-19-5-2-6-20-34)40-24-10-8-22-36(38)40/h1-28H. The first kappa shape index (κ1) is 24.2. The summed E-state index contributed by atoms with van der Waals surface area (Å²) < 4.78 is 4.58. The van der Waals surface area contributed by atoms with Crippen molar-refractivity contribution in [2.75, 3.05) is 0 Å². The average molecular weight is 537 g/mol. The van der Waals surface area contributed by atoms with E-state index < -0.39 is 0 Å². The van der Waals surface area contributed by atoms with Gasteiger partial charge in [-0.25, -0.2) is 0 Å². The Balaban J connectivity index is 1.23. The number of para-hydroxylation sites is 4. The molecule has 2 nitrogen and oxygen atoms in total. The summed E-state index contributed by atoms with van der Waals surface area (Å²) in [5.41, 5.74) is 12.1. The van der Waals surface area contributed by atoms with Crippen LogP contribution in [0.2, 0.25) is 0 Å². The molecule has 42 heavy (non-hydrogen) atoms. The van der Waals surface area contributed by atoms with Crippen LogP contribution in [-0.4, -0.2) is 9.13 Å². The smallest absolute Gasteiger partial charge is 0.0534 e. The maximum atomic E-state index is 2.32. The molecule has 0 fully saturated rings. The fraction of sp³-hybridized carbons (Fsp3) is 0. The van der Waals surface area contributed by atoms with Crippen LogP contribution in [-0.2, 0) is 0 Å². The second-order valence-corrected chi connectivity index (χ2v) is 10.7. The third kappa shape index (κ3) is 4.13. The second-order valence-electron chi connectivity index (χ2n) is 10.7. The number of nitrogens with zero attached hydrogens (tertiary/aromatic N) is 2. The summed E-state index contributed by atoms with van der Waals surface area (Å²) in [5.74, 6) is 0. The molecule has 8 rings (SSSR count). The molecule has 2 heteroatoms. The lowest BCUT2D eigenvalue weighted by Crippen LogP contribution is -1.90. The number of aromatic nitrogens is 2. The van der Waals surface area contributed by atoms with Crippen LogP contribution >= 0.6 is 0 Å². The minimum absolute atomic E-state index is 1.17. The molecule has 6 aromatic carbocycles. The van der Waals surface area contributed by atoms with Crippen LogP contribution in [0, 0.1) is 0 Å². The highest BCUT2D eigenvalue weighted by molar-refractivity contribution is 5.99. The Kier molecular flexibility index (Phi) is 5.82. The molecule has 2 heterocycles. The van der Waals surface area contributed by atoms with Crippen LogP contribution < -0.4 is 0 Å². The predicted octanol–water partition coefficient (Wildman–Crippen LogP) is 10.6. The van der Waals surface area contributed by atoms with Gasteiger partial charge in [0.1, 0.15) is 0 Å². The lowest BCUT2D eigenvalue weighted by Gasteiger charge is -2.08. The minimum Gasteiger partial charge on any atom is -0.316 e. The summed E-state index contributed by atoms with van der Waals surface area (Å²) >= 11 is 0. The SMILES string of the molecule is c1ccc(-n2cc(-c3cccc(-c4cccc(-c5cn(-c6ccccc6)c6ccccc56)c4)c3)c3ccccc32)cc1. The zero-order valence-electron chi connectivity index (χ0n) is 23.1. The van der Waals surface area contributed by atoms with Crippen molar-refractivity contribution in [2.24, 2.45) is 0 Å². The molecule has 0 N–H and O–H groups in total. The van der Waals surface area contributed by atoms with Crippen molar-refractivity contribution in [3.8, 4) is 44.8 Å². The fourth-order valence-electron chi connectivity index (χ4n) is 6.16. The highest BCUT2D eigenvalue weighted by Crippen LogP contribution is 2.37. The van der Waals surface area contributed by atoms with E-state index in [-0.39, 0.29) is 0 Å². The van der Waals surface area contributed by atoms with Crippen molar-refractivity contribution in [3.63, 3.8) is 0 Å². The van der Waals surface area contributed by atoms with E-state index in [0.29, 0.717) is 0 Å². The van der Waals surface area contributed by atoms with Gasteiger partial charge in [0, 0.05) is 45.7 Å². The Hall–Kier alpha value is -5.60. The molecular weight excluding hydrogens is 508 g/mol. The van der Waals surface area contributed by atoms with Crippen LogP contribution in [0.5, 0.6) is 0 Å². The van der Waals surface area contributed by atoms with Crippen molar-refractivity contribution in [2.45, 2.75) is 0 Å². The van der Waals surface area contributed by atoms with Crippen molar-refractivity contribution in [3.05, 3.63) is 170 Å². The van der Waals surface area contributed by atoms with Gasteiger partial charge in [0.25, 0.3) is 0 Å². The molecule has 0 aliphatic heterocycles. The summed E-state index contributed by atoms with van der Waals surface area (Å²) in [6, 6.07) is 56.3. The molecule has 0 aliphatic rings. The first-order chi connectivity index (χ1) is 20.8. The zero-order chi connectivity index (χ0) is 27.9. The van der Waals surface area contributed by atoms with Gasteiger partial charge < -0.3 is 9.13 Å². The largest absolute Gasteiger partial charge is 0.316 e. The first-order valence-electron chi connectivity index (χ1n) is 14.4. The van der Waals surface area contributed by atoms with Gasteiger partial charge in [0.2, 0.25) is 0 Å². The summed E-state index contributed by atoms with van der Waals surface area (Å²) in [7, 11) is 0. The van der Waals surface area contributed by atoms with Crippen LogP contribution in [0.3, 0.4) is 0 Å². The number of benzene rings is 6. The number of hydrogen-bond donors (Lipinski definition) is 0. The van der Waals surface area contributed by atoms with Gasteiger partial charge in [-0.1, -0.05) is 109 Å². The maximum absolute atomic E-state index is 2.32. The molecule has 0 amide bonds. The normalized spacial score (nSPS) is 11.3. The second kappa shape index (κ2) is 10.1. The van der Waals surface area contributed by atoms with Crippen LogP contribution in [0.1, 0.15) is 0 Å². The highest BCUT2D eigenvalue weighted by atomic mass is 15.0. The van der Waals surface area contributed by atoms with Crippen LogP contribution in [0.25, 0.3) is 66.6 Å². The molecular formula is C40H28N2. The Labute approximate surface area is 245 Å². The minimum atomic E-state index is 1.17. The van der Waals surface area contributed by atoms with E-state index in [0.717, 1.165) is 0 Å². The Morgan fingerprint density at radius 1 is 0.310 bits per heavy atom. The molecule has 198 valence electrons. The molecule has 0 bridgehead atoms. The molecule has 0 unspecified atom stereocenters. The summed E-state index contributed by atoms with van der Waals surface area (Å²) in [6.45, 7) is 0. The van der Waals surface area contributed by atoms with E-state index in [9.17, 15) is 0 Å². The lowest BCUT2D eigenvalue weighted by molar-refractivity contribution is 1.13. The molecule has 0 radical (unpaired) electrons. The van der Waals surface area contributed by atoms with E-state index in [1.807, 2.05) is 0 Å². The van der Waals surface area contributed by atoms with Gasteiger partial charge in [-0.05, 0) is 70.8 Å². The fourth-order valence-corrected chi connectivity index (χ4v) is 6.16. The summed E-state index contributed by atoms with van der Waals surface area (Å²) in [4.78, 5) is 0. The molecule has 8 aromatic rings. The Morgan fingerprint density at radius 2 is 0.690 bits per heavy atom. The molecule has 0 saturated carbocycles. The van der Waals surface area contributed by atoms with Gasteiger partial charge in [-0.15, -0.1) is 0 Å². The lowest BCUT2D eigenvalue weighted by atomic mass is 9.96. The van der Waals surface area contributed by atoms with E-state index >= 15 is 0 Å². The quantitative estimate of drug-likeness (QED) is 0.207. The van der Waals surface area contributed by atoms with E-state index in [4.69, 9.17) is 0 Å². The summed E-state index contributed by atoms with van der Waals surface area (Å²) in [5, 5.41) is 2.50. The van der Waals surface area contributed by atoms with E-state index in [1.165, 1.54) is 66.6 Å². The number of rotatable bonds is 5. The molecule has 2 aromatic heterocycles. The monoisotopic (exact) mass is 536 g/mol. The van der Waals surface area contributed by atoms with Crippen LogP contribution in [0.15, 0.2) is 170 Å². The zero-order valence-corrected chi connectivity index (χ0v) is 23.1. The average Bonchev–Trinajstić information content (AvgIpc) is 3.66. The summed E-state index contributed by atoms with van der Waals surface area (Å²) in [6.07, 6.45) is 4.54.